The molecule has 1 aromatic carbocycles. The number of ether oxygens (including phenoxy) is 2. The third-order valence-corrected chi connectivity index (χ3v) is 2.66. The molecule has 1 amide bonds. The quantitative estimate of drug-likeness (QED) is 0.643. The van der Waals surface area contributed by atoms with Gasteiger partial charge in [-0.1, -0.05) is 18.2 Å². The molecule has 2 aromatic rings. The molecule has 0 aliphatic rings. The monoisotopic (exact) mass is 301 g/mol. The molecule has 0 atom stereocenters. The van der Waals surface area contributed by atoms with E-state index in [1.807, 2.05) is 6.07 Å². The largest absolute Gasteiger partial charge is 0.458 e. The molecular formula is C15H15N3O4. The molecule has 0 fully saturated rings. The molecule has 0 aliphatic carbocycles. The summed E-state index contributed by atoms with van der Waals surface area (Å²) in [6.07, 6.45) is 2.66. The Bertz CT molecular complexity index is 646. The average Bonchev–Trinajstić information content (AvgIpc) is 2.56. The lowest BCUT2D eigenvalue weighted by molar-refractivity contribution is 0.0378. The Kier molecular flexibility index (Phi) is 5.56. The van der Waals surface area contributed by atoms with Crippen molar-refractivity contribution in [3.8, 4) is 0 Å². The van der Waals surface area contributed by atoms with E-state index in [2.05, 4.69) is 15.3 Å². The number of hydrogen-bond donors (Lipinski definition) is 1. The molecule has 0 radical (unpaired) electrons. The van der Waals surface area contributed by atoms with Crippen LogP contribution in [-0.4, -0.2) is 42.2 Å². The first-order chi connectivity index (χ1) is 10.7. The molecular weight excluding hydrogens is 286 g/mol. The summed E-state index contributed by atoms with van der Waals surface area (Å²) in [5, 5.41) is 2.65. The topological polar surface area (TPSA) is 90.4 Å². The van der Waals surface area contributed by atoms with Gasteiger partial charge in [0.1, 0.15) is 6.61 Å². The molecule has 0 saturated carbocycles. The van der Waals surface area contributed by atoms with Crippen molar-refractivity contribution in [2.75, 3.05) is 25.6 Å². The fourth-order valence-corrected chi connectivity index (χ4v) is 1.65. The molecule has 1 N–H and O–H groups in total. The molecule has 7 heteroatoms. The summed E-state index contributed by atoms with van der Waals surface area (Å²) in [7, 11) is 1.49. The number of carbonyl (C=O) groups is 2. The van der Waals surface area contributed by atoms with E-state index in [9.17, 15) is 9.59 Å². The predicted molar refractivity (Wildman–Crippen MR) is 78.6 cm³/mol. The van der Waals surface area contributed by atoms with E-state index in [-0.39, 0.29) is 24.6 Å². The molecule has 0 saturated heterocycles. The fourth-order valence-electron chi connectivity index (χ4n) is 1.65. The summed E-state index contributed by atoms with van der Waals surface area (Å²) >= 11 is 0. The van der Waals surface area contributed by atoms with Gasteiger partial charge in [0.05, 0.1) is 6.61 Å². The molecule has 2 rings (SSSR count). The first-order valence-corrected chi connectivity index (χ1v) is 6.56. The van der Waals surface area contributed by atoms with Crippen molar-refractivity contribution < 1.29 is 19.1 Å². The van der Waals surface area contributed by atoms with Gasteiger partial charge in [0.2, 0.25) is 0 Å². The van der Waals surface area contributed by atoms with Crippen LogP contribution < -0.4 is 5.32 Å². The van der Waals surface area contributed by atoms with E-state index < -0.39 is 11.9 Å². The number of amides is 1. The first kappa shape index (κ1) is 15.6. The van der Waals surface area contributed by atoms with Crippen LogP contribution in [0.15, 0.2) is 42.7 Å². The van der Waals surface area contributed by atoms with Gasteiger partial charge >= 0.3 is 5.97 Å². The van der Waals surface area contributed by atoms with E-state index in [0.717, 1.165) is 0 Å². The number of carbonyl (C=O) groups excluding carboxylic acids is 2. The highest BCUT2D eigenvalue weighted by Gasteiger charge is 2.21. The number of hydrogen-bond acceptors (Lipinski definition) is 6. The molecule has 114 valence electrons. The number of nitrogens with zero attached hydrogens (tertiary/aromatic N) is 2. The zero-order chi connectivity index (χ0) is 15.8. The smallest absolute Gasteiger partial charge is 0.359 e. The summed E-state index contributed by atoms with van der Waals surface area (Å²) < 4.78 is 9.76. The Morgan fingerprint density at radius 2 is 1.73 bits per heavy atom. The van der Waals surface area contributed by atoms with Gasteiger partial charge in [-0.2, -0.15) is 0 Å². The Morgan fingerprint density at radius 1 is 1.05 bits per heavy atom. The molecule has 1 aromatic heterocycles. The highest BCUT2D eigenvalue weighted by atomic mass is 16.6. The van der Waals surface area contributed by atoms with Crippen molar-refractivity contribution in [2.24, 2.45) is 0 Å². The second kappa shape index (κ2) is 7.84. The van der Waals surface area contributed by atoms with Crippen molar-refractivity contribution in [1.29, 1.82) is 0 Å². The van der Waals surface area contributed by atoms with Crippen LogP contribution in [0, 0.1) is 0 Å². The van der Waals surface area contributed by atoms with E-state index in [1.165, 1.54) is 19.5 Å². The molecule has 0 spiro atoms. The number of esters is 1. The maximum absolute atomic E-state index is 12.2. The SMILES string of the molecule is COCCOC(=O)c1nccnc1C(=O)Nc1ccccc1. The summed E-state index contributed by atoms with van der Waals surface area (Å²) in [4.78, 5) is 32.0. The summed E-state index contributed by atoms with van der Waals surface area (Å²) in [6, 6.07) is 8.85. The maximum Gasteiger partial charge on any atom is 0.359 e. The maximum atomic E-state index is 12.2. The lowest BCUT2D eigenvalue weighted by atomic mass is 10.2. The highest BCUT2D eigenvalue weighted by molar-refractivity contribution is 6.08. The van der Waals surface area contributed by atoms with E-state index >= 15 is 0 Å². The van der Waals surface area contributed by atoms with Gasteiger partial charge in [0.15, 0.2) is 11.4 Å². The van der Waals surface area contributed by atoms with Gasteiger partial charge < -0.3 is 14.8 Å². The number of methoxy groups -OCH3 is 1. The van der Waals surface area contributed by atoms with Crippen molar-refractivity contribution >= 4 is 17.6 Å². The van der Waals surface area contributed by atoms with Gasteiger partial charge in [-0.15, -0.1) is 0 Å². The predicted octanol–water partition coefficient (Wildman–Crippen LogP) is 1.53. The number of benzene rings is 1. The third-order valence-electron chi connectivity index (χ3n) is 2.66. The standard InChI is InChI=1S/C15H15N3O4/c1-21-9-10-22-15(20)13-12(16-7-8-17-13)14(19)18-11-5-3-2-4-6-11/h2-8H,9-10H2,1H3,(H,18,19). The van der Waals surface area contributed by atoms with Crippen molar-refractivity contribution in [2.45, 2.75) is 0 Å². The molecule has 0 bridgehead atoms. The van der Waals surface area contributed by atoms with Gasteiger partial charge in [-0.3, -0.25) is 4.79 Å². The summed E-state index contributed by atoms with van der Waals surface area (Å²) in [6.45, 7) is 0.337. The number of nitrogens with one attached hydrogen (secondary N) is 1. The van der Waals surface area contributed by atoms with Crippen LogP contribution in [0.5, 0.6) is 0 Å². The van der Waals surface area contributed by atoms with Crippen LogP contribution in [0.1, 0.15) is 21.0 Å². The first-order valence-electron chi connectivity index (χ1n) is 6.56. The minimum atomic E-state index is -0.719. The second-order valence-electron chi connectivity index (χ2n) is 4.20. The van der Waals surface area contributed by atoms with Gasteiger partial charge in [0.25, 0.3) is 5.91 Å². The number of rotatable bonds is 6. The number of anilines is 1. The second-order valence-corrected chi connectivity index (χ2v) is 4.20. The minimum Gasteiger partial charge on any atom is -0.458 e. The fraction of sp³-hybridized carbons (Fsp3) is 0.200. The lowest BCUT2D eigenvalue weighted by Gasteiger charge is -2.08. The third kappa shape index (κ3) is 4.10. The van der Waals surface area contributed by atoms with Crippen LogP contribution in [-0.2, 0) is 9.47 Å². The number of aromatic nitrogens is 2. The molecule has 22 heavy (non-hydrogen) atoms. The lowest BCUT2D eigenvalue weighted by Crippen LogP contribution is -2.21. The summed E-state index contributed by atoms with van der Waals surface area (Å²) in [5.41, 5.74) is 0.373. The Balaban J connectivity index is 2.13. The van der Waals surface area contributed by atoms with Crippen LogP contribution in [0.3, 0.4) is 0 Å². The molecule has 7 nitrogen and oxygen atoms in total. The van der Waals surface area contributed by atoms with Crippen LogP contribution in [0.2, 0.25) is 0 Å². The van der Waals surface area contributed by atoms with E-state index in [1.54, 1.807) is 24.3 Å². The zero-order valence-corrected chi connectivity index (χ0v) is 12.0. The van der Waals surface area contributed by atoms with Gasteiger partial charge in [0, 0.05) is 25.2 Å². The van der Waals surface area contributed by atoms with Crippen LogP contribution in [0.4, 0.5) is 5.69 Å². The van der Waals surface area contributed by atoms with Crippen LogP contribution in [0.25, 0.3) is 0 Å². The van der Waals surface area contributed by atoms with Crippen molar-refractivity contribution in [1.82, 2.24) is 9.97 Å². The van der Waals surface area contributed by atoms with Gasteiger partial charge in [-0.25, -0.2) is 14.8 Å². The van der Waals surface area contributed by atoms with Gasteiger partial charge in [-0.05, 0) is 12.1 Å². The Morgan fingerprint density at radius 3 is 2.41 bits per heavy atom. The average molecular weight is 301 g/mol. The summed E-state index contributed by atoms with van der Waals surface area (Å²) in [5.74, 6) is -1.25. The number of para-hydroxylation sites is 1. The Hall–Kier alpha value is -2.80. The minimum absolute atomic E-state index is 0.0751. The molecule has 0 unspecified atom stereocenters. The van der Waals surface area contributed by atoms with Crippen LogP contribution >= 0.6 is 0 Å². The van der Waals surface area contributed by atoms with E-state index in [0.29, 0.717) is 5.69 Å². The zero-order valence-electron chi connectivity index (χ0n) is 12.0. The van der Waals surface area contributed by atoms with Crippen molar-refractivity contribution in [3.05, 3.63) is 54.1 Å². The Labute approximate surface area is 127 Å². The van der Waals surface area contributed by atoms with Crippen molar-refractivity contribution in [3.63, 3.8) is 0 Å². The highest BCUT2D eigenvalue weighted by Crippen LogP contribution is 2.10. The normalized spacial score (nSPS) is 10.0. The van der Waals surface area contributed by atoms with E-state index in [4.69, 9.17) is 9.47 Å². The molecule has 0 aliphatic heterocycles. The molecule has 1 heterocycles.